The summed E-state index contributed by atoms with van der Waals surface area (Å²) in [6.45, 7) is 4.20. The summed E-state index contributed by atoms with van der Waals surface area (Å²) in [5.74, 6) is -0.242. The van der Waals surface area contributed by atoms with Crippen LogP contribution >= 0.6 is 24.0 Å². The Morgan fingerprint density at radius 2 is 1.71 bits per heavy atom. The van der Waals surface area contributed by atoms with Crippen LogP contribution in [0.2, 0.25) is 0 Å². The highest BCUT2D eigenvalue weighted by atomic mass is 32.2. The average Bonchev–Trinajstić information content (AvgIpc) is 3.19. The lowest BCUT2D eigenvalue weighted by Crippen LogP contribution is -2.54. The molecule has 0 unspecified atom stereocenters. The maximum Gasteiger partial charge on any atom is 0.270 e. The number of amides is 2. The zero-order valence-electron chi connectivity index (χ0n) is 17.0. The summed E-state index contributed by atoms with van der Waals surface area (Å²) in [5.41, 5.74) is 1.72. The molecule has 1 aliphatic heterocycles. The van der Waals surface area contributed by atoms with Gasteiger partial charge in [-0.05, 0) is 66.2 Å². The molecular formula is C24H20N2O3S2. The lowest BCUT2D eigenvalue weighted by molar-refractivity contribution is -0.122. The fraction of sp³-hybridized carbons (Fsp3) is 0.125. The van der Waals surface area contributed by atoms with Crippen LogP contribution in [0.1, 0.15) is 31.1 Å². The van der Waals surface area contributed by atoms with Crippen molar-refractivity contribution in [2.45, 2.75) is 29.8 Å². The maximum absolute atomic E-state index is 13.1. The SMILES string of the molecule is CC(C)c1ccc(N2C(=O)/C(=C\c3ccc(Sc4ccccc4)o3)C(=O)NC2=S)cc1. The fourth-order valence-electron chi connectivity index (χ4n) is 3.11. The molecule has 0 saturated carbocycles. The van der Waals surface area contributed by atoms with Gasteiger partial charge in [0.2, 0.25) is 0 Å². The molecule has 0 radical (unpaired) electrons. The zero-order chi connectivity index (χ0) is 22.0. The molecule has 0 spiro atoms. The van der Waals surface area contributed by atoms with E-state index in [1.807, 2.05) is 60.7 Å². The minimum Gasteiger partial charge on any atom is -0.450 e. The monoisotopic (exact) mass is 448 g/mol. The van der Waals surface area contributed by atoms with Crippen LogP contribution in [0.15, 0.2) is 86.7 Å². The molecule has 4 rings (SSSR count). The minimum atomic E-state index is -0.543. The van der Waals surface area contributed by atoms with Crippen molar-refractivity contribution >= 4 is 52.7 Å². The molecule has 3 aromatic rings. The molecule has 7 heteroatoms. The van der Waals surface area contributed by atoms with Crippen molar-refractivity contribution in [2.24, 2.45) is 0 Å². The van der Waals surface area contributed by atoms with Crippen LogP contribution in [0.4, 0.5) is 5.69 Å². The number of nitrogens with one attached hydrogen (secondary N) is 1. The quantitative estimate of drug-likeness (QED) is 0.322. The van der Waals surface area contributed by atoms with E-state index in [-0.39, 0.29) is 10.7 Å². The van der Waals surface area contributed by atoms with Crippen LogP contribution in [-0.4, -0.2) is 16.9 Å². The van der Waals surface area contributed by atoms with Crippen molar-refractivity contribution in [3.63, 3.8) is 0 Å². The number of carbonyl (C=O) groups excluding carboxylic acids is 2. The third-order valence-corrected chi connectivity index (χ3v) is 5.98. The highest BCUT2D eigenvalue weighted by Gasteiger charge is 2.34. The van der Waals surface area contributed by atoms with Crippen molar-refractivity contribution in [1.29, 1.82) is 0 Å². The standard InChI is InChI=1S/C24H20N2O3S2/c1-15(2)16-8-10-17(11-9-16)26-23(28)20(22(27)25-24(26)30)14-18-12-13-21(29-18)31-19-6-4-3-5-7-19/h3-15H,1-2H3,(H,25,27,30)/b20-14-. The number of hydrogen-bond acceptors (Lipinski definition) is 5. The molecule has 2 aromatic carbocycles. The van der Waals surface area contributed by atoms with Gasteiger partial charge in [0.15, 0.2) is 10.2 Å². The first-order valence-electron chi connectivity index (χ1n) is 9.76. The Hall–Kier alpha value is -3.16. The molecule has 2 amide bonds. The molecule has 156 valence electrons. The fourth-order valence-corrected chi connectivity index (χ4v) is 4.19. The Morgan fingerprint density at radius 3 is 2.39 bits per heavy atom. The zero-order valence-corrected chi connectivity index (χ0v) is 18.6. The third-order valence-electron chi connectivity index (χ3n) is 4.77. The lowest BCUT2D eigenvalue weighted by Gasteiger charge is -2.29. The smallest absolute Gasteiger partial charge is 0.270 e. The van der Waals surface area contributed by atoms with Gasteiger partial charge in [0.25, 0.3) is 11.8 Å². The molecule has 1 fully saturated rings. The van der Waals surface area contributed by atoms with Gasteiger partial charge in [0, 0.05) is 4.90 Å². The summed E-state index contributed by atoms with van der Waals surface area (Å²) in [4.78, 5) is 28.0. The summed E-state index contributed by atoms with van der Waals surface area (Å²) in [6.07, 6.45) is 1.45. The predicted molar refractivity (Wildman–Crippen MR) is 126 cm³/mol. The average molecular weight is 449 g/mol. The highest BCUT2D eigenvalue weighted by Crippen LogP contribution is 2.30. The molecule has 1 aromatic heterocycles. The molecule has 5 nitrogen and oxygen atoms in total. The summed E-state index contributed by atoms with van der Waals surface area (Å²) in [5, 5.41) is 3.32. The van der Waals surface area contributed by atoms with Gasteiger partial charge in [0.1, 0.15) is 11.3 Å². The normalized spacial score (nSPS) is 15.6. The first-order valence-corrected chi connectivity index (χ1v) is 11.0. The number of carbonyl (C=O) groups is 2. The molecule has 0 atom stereocenters. The number of benzene rings is 2. The van der Waals surface area contributed by atoms with E-state index in [9.17, 15) is 9.59 Å². The Labute approximate surface area is 190 Å². The van der Waals surface area contributed by atoms with E-state index in [0.717, 1.165) is 10.5 Å². The highest BCUT2D eigenvalue weighted by molar-refractivity contribution is 7.99. The molecule has 1 saturated heterocycles. The van der Waals surface area contributed by atoms with E-state index in [4.69, 9.17) is 16.6 Å². The number of rotatable bonds is 5. The van der Waals surface area contributed by atoms with Crippen LogP contribution in [0.5, 0.6) is 0 Å². The maximum atomic E-state index is 13.1. The summed E-state index contributed by atoms with van der Waals surface area (Å²) < 4.78 is 5.80. The number of nitrogens with zero attached hydrogens (tertiary/aromatic N) is 1. The Morgan fingerprint density at radius 1 is 1.00 bits per heavy atom. The predicted octanol–water partition coefficient (Wildman–Crippen LogP) is 5.39. The van der Waals surface area contributed by atoms with Gasteiger partial charge in [0.05, 0.1) is 5.69 Å². The molecule has 0 bridgehead atoms. The molecule has 1 N–H and O–H groups in total. The number of furan rings is 1. The van der Waals surface area contributed by atoms with Gasteiger partial charge in [-0.3, -0.25) is 19.8 Å². The summed E-state index contributed by atoms with van der Waals surface area (Å²) >= 11 is 6.72. The van der Waals surface area contributed by atoms with Gasteiger partial charge in [-0.1, -0.05) is 55.9 Å². The topological polar surface area (TPSA) is 62.6 Å². The van der Waals surface area contributed by atoms with Crippen LogP contribution in [0.3, 0.4) is 0 Å². The second-order valence-corrected chi connectivity index (χ2v) is 8.74. The first-order chi connectivity index (χ1) is 14.9. The van der Waals surface area contributed by atoms with Crippen molar-refractivity contribution < 1.29 is 14.0 Å². The second-order valence-electron chi connectivity index (χ2n) is 7.28. The lowest BCUT2D eigenvalue weighted by atomic mass is 10.0. The molecule has 2 heterocycles. The van der Waals surface area contributed by atoms with E-state index in [1.54, 1.807) is 6.07 Å². The Kier molecular flexibility index (Phi) is 6.06. The van der Waals surface area contributed by atoms with Crippen LogP contribution in [0.25, 0.3) is 6.08 Å². The molecular weight excluding hydrogens is 428 g/mol. The third kappa shape index (κ3) is 4.62. The van der Waals surface area contributed by atoms with Crippen LogP contribution in [-0.2, 0) is 9.59 Å². The largest absolute Gasteiger partial charge is 0.450 e. The van der Waals surface area contributed by atoms with Crippen molar-refractivity contribution in [3.8, 4) is 0 Å². The Balaban J connectivity index is 1.59. The van der Waals surface area contributed by atoms with E-state index in [2.05, 4.69) is 19.2 Å². The van der Waals surface area contributed by atoms with Gasteiger partial charge in [-0.2, -0.15) is 0 Å². The van der Waals surface area contributed by atoms with Crippen molar-refractivity contribution in [1.82, 2.24) is 5.32 Å². The van der Waals surface area contributed by atoms with Crippen molar-refractivity contribution in [3.05, 3.63) is 83.6 Å². The van der Waals surface area contributed by atoms with Gasteiger partial charge in [-0.15, -0.1) is 0 Å². The molecule has 0 aliphatic carbocycles. The van der Waals surface area contributed by atoms with Gasteiger partial charge in [-0.25, -0.2) is 0 Å². The van der Waals surface area contributed by atoms with Crippen molar-refractivity contribution in [2.75, 3.05) is 4.90 Å². The number of anilines is 1. The van der Waals surface area contributed by atoms with E-state index in [1.165, 1.54) is 22.7 Å². The Bertz CT molecular complexity index is 1170. The molecule has 31 heavy (non-hydrogen) atoms. The van der Waals surface area contributed by atoms with E-state index < -0.39 is 11.8 Å². The van der Waals surface area contributed by atoms with Gasteiger partial charge >= 0.3 is 0 Å². The number of hydrogen-bond donors (Lipinski definition) is 1. The van der Waals surface area contributed by atoms with Gasteiger partial charge < -0.3 is 4.42 Å². The van der Waals surface area contributed by atoms with Crippen LogP contribution < -0.4 is 10.2 Å². The number of thiocarbonyl (C=S) groups is 1. The molecule has 1 aliphatic rings. The summed E-state index contributed by atoms with van der Waals surface area (Å²) in [7, 11) is 0. The van der Waals surface area contributed by atoms with Crippen LogP contribution in [0, 0.1) is 0 Å². The van der Waals surface area contributed by atoms with E-state index >= 15 is 0 Å². The van der Waals surface area contributed by atoms with E-state index in [0.29, 0.717) is 22.5 Å². The summed E-state index contributed by atoms with van der Waals surface area (Å²) in [6, 6.07) is 20.9. The second kappa shape index (κ2) is 8.91. The first kappa shape index (κ1) is 21.1. The minimum absolute atomic E-state index is 0.0350.